The van der Waals surface area contributed by atoms with Gasteiger partial charge < -0.3 is 14.7 Å². The minimum absolute atomic E-state index is 0.0236. The molecule has 0 saturated heterocycles. The van der Waals surface area contributed by atoms with E-state index in [1.54, 1.807) is 7.11 Å². The van der Waals surface area contributed by atoms with E-state index in [1.807, 2.05) is 6.07 Å². The Bertz CT molecular complexity index is 1320. The van der Waals surface area contributed by atoms with Gasteiger partial charge in [-0.05, 0) is 124 Å². The van der Waals surface area contributed by atoms with Gasteiger partial charge in [-0.1, -0.05) is 24.3 Å². The number of amides is 1. The summed E-state index contributed by atoms with van der Waals surface area (Å²) in [6.45, 7) is 2.86. The summed E-state index contributed by atoms with van der Waals surface area (Å²) in [4.78, 5) is 20.9. The maximum atomic E-state index is 14.0. The van der Waals surface area contributed by atoms with Gasteiger partial charge in [0.1, 0.15) is 10.8 Å². The Morgan fingerprint density at radius 3 is 2.42 bits per heavy atom. The number of methoxy groups -OCH3 is 1. The van der Waals surface area contributed by atoms with Crippen LogP contribution in [0.2, 0.25) is 0 Å². The van der Waals surface area contributed by atoms with E-state index in [-0.39, 0.29) is 17.9 Å². The summed E-state index contributed by atoms with van der Waals surface area (Å²) in [5, 5.41) is 11.2. The number of aliphatic hydroxyl groups is 1. The van der Waals surface area contributed by atoms with E-state index in [4.69, 9.17) is 9.72 Å². The third-order valence-corrected chi connectivity index (χ3v) is 10.2. The topological polar surface area (TPSA) is 75.5 Å². The van der Waals surface area contributed by atoms with Gasteiger partial charge in [-0.3, -0.25) is 4.79 Å². The lowest BCUT2D eigenvalue weighted by molar-refractivity contribution is -0.124. The number of carbonyl (C=O) groups is 1. The van der Waals surface area contributed by atoms with Crippen LogP contribution in [0.15, 0.2) is 42.5 Å². The molecule has 3 saturated carbocycles. The van der Waals surface area contributed by atoms with Gasteiger partial charge in [0.05, 0.1) is 13.2 Å². The number of aliphatic hydroxyl groups excluding tert-OH is 1. The first-order chi connectivity index (χ1) is 19.5. The quantitative estimate of drug-likeness (QED) is 0.314. The Hall–Kier alpha value is -2.77. The third kappa shape index (κ3) is 6.10. The normalized spacial score (nSPS) is 25.0. The Labute approximate surface area is 242 Å². The highest BCUT2D eigenvalue weighted by molar-refractivity contribution is 7.05. The number of benzene rings is 2. The number of aromatic nitrogens is 2. The summed E-state index contributed by atoms with van der Waals surface area (Å²) in [7, 11) is 1.73. The first-order valence-electron chi connectivity index (χ1n) is 15.1. The van der Waals surface area contributed by atoms with Crippen LogP contribution in [0.25, 0.3) is 11.4 Å². The molecule has 1 amide bonds. The maximum Gasteiger partial charge on any atom is 0.230 e. The molecule has 40 heavy (non-hydrogen) atoms. The van der Waals surface area contributed by atoms with E-state index in [0.717, 1.165) is 72.9 Å². The molecule has 3 aromatic rings. The molecule has 6 nitrogen and oxygen atoms in total. The molecule has 1 heterocycles. The lowest BCUT2D eigenvalue weighted by atomic mass is 9.78. The molecular weight excluding hydrogens is 518 g/mol. The van der Waals surface area contributed by atoms with Crippen LogP contribution >= 0.6 is 11.5 Å². The second-order valence-corrected chi connectivity index (χ2v) is 13.0. The number of hydrogen-bond donors (Lipinski definition) is 1. The van der Waals surface area contributed by atoms with Crippen LogP contribution in [0.4, 0.5) is 5.69 Å². The number of ether oxygens (including phenoxy) is 1. The number of nitrogens with zero attached hydrogens (tertiary/aromatic N) is 3. The van der Waals surface area contributed by atoms with Crippen molar-refractivity contribution in [3.05, 3.63) is 58.6 Å². The van der Waals surface area contributed by atoms with Crippen molar-refractivity contribution in [2.75, 3.05) is 18.6 Å². The molecule has 1 aromatic heterocycles. The first kappa shape index (κ1) is 27.4. The minimum Gasteiger partial charge on any atom is -0.496 e. The predicted octanol–water partition coefficient (Wildman–Crippen LogP) is 7.26. The Morgan fingerprint density at radius 2 is 1.73 bits per heavy atom. The molecule has 0 atom stereocenters. The molecule has 3 aliphatic rings. The second-order valence-electron chi connectivity index (χ2n) is 12.2. The summed E-state index contributed by atoms with van der Waals surface area (Å²) >= 11 is 1.52. The molecule has 0 aliphatic heterocycles. The molecule has 7 heteroatoms. The number of rotatable bonds is 8. The van der Waals surface area contributed by atoms with Crippen molar-refractivity contribution in [1.29, 1.82) is 0 Å². The zero-order valence-electron chi connectivity index (χ0n) is 23.7. The molecule has 0 bridgehead atoms. The van der Waals surface area contributed by atoms with E-state index in [0.29, 0.717) is 30.6 Å². The average molecular weight is 560 g/mol. The highest BCUT2D eigenvalue weighted by Gasteiger charge is 2.33. The molecule has 0 spiro atoms. The van der Waals surface area contributed by atoms with Gasteiger partial charge in [0.2, 0.25) is 5.91 Å². The molecule has 6 rings (SSSR count). The number of hydrogen-bond acceptors (Lipinski definition) is 6. The lowest BCUT2D eigenvalue weighted by Crippen LogP contribution is -2.41. The van der Waals surface area contributed by atoms with Crippen LogP contribution in [0.5, 0.6) is 5.75 Å². The van der Waals surface area contributed by atoms with Crippen LogP contribution in [0.3, 0.4) is 0 Å². The Kier molecular flexibility index (Phi) is 8.22. The van der Waals surface area contributed by atoms with E-state index in [1.165, 1.54) is 35.5 Å². The van der Waals surface area contributed by atoms with Gasteiger partial charge in [-0.2, -0.15) is 4.37 Å². The van der Waals surface area contributed by atoms with Crippen LogP contribution in [0, 0.1) is 18.8 Å². The standard InChI is InChI=1S/C33H41N3O3S/c1-21-18-26(14-17-30(21)39-2)23-8-6-22(7-9-23)20-36(33(38)25-12-15-29(37)16-13-25)28-5-3-4-27(19-28)31-34-32(40-35-31)24-10-11-24/h3-5,14,17-19,22-25,29,37H,6-13,15-16,20H2,1-2H3/t22-,23-,25-,29-. The summed E-state index contributed by atoms with van der Waals surface area (Å²) in [5.41, 5.74) is 4.52. The van der Waals surface area contributed by atoms with Crippen molar-refractivity contribution in [3.8, 4) is 17.1 Å². The molecular formula is C33H41N3O3S. The number of aryl methyl sites for hydroxylation is 1. The molecule has 0 unspecified atom stereocenters. The van der Waals surface area contributed by atoms with Crippen LogP contribution in [-0.2, 0) is 4.79 Å². The van der Waals surface area contributed by atoms with E-state index < -0.39 is 0 Å². The van der Waals surface area contributed by atoms with Gasteiger partial charge in [0.25, 0.3) is 0 Å². The fraction of sp³-hybridized carbons (Fsp3) is 0.545. The summed E-state index contributed by atoms with van der Waals surface area (Å²) in [5.74, 6) is 3.52. The average Bonchev–Trinajstić information content (AvgIpc) is 3.72. The molecule has 0 radical (unpaired) electrons. The van der Waals surface area contributed by atoms with Crippen LogP contribution in [0.1, 0.15) is 92.2 Å². The van der Waals surface area contributed by atoms with E-state index in [2.05, 4.69) is 52.6 Å². The van der Waals surface area contributed by atoms with Gasteiger partial charge in [0, 0.05) is 29.6 Å². The number of carbonyl (C=O) groups excluding carboxylic acids is 1. The lowest BCUT2D eigenvalue weighted by Gasteiger charge is -2.36. The minimum atomic E-state index is -0.269. The fourth-order valence-electron chi connectivity index (χ4n) is 6.62. The SMILES string of the molecule is COc1ccc([C@H]2CC[C@H](CN(c3cccc(-c4nsc(C5CC5)n4)c3)C(=O)[C@H]3CC[C@H](O)CC3)CC2)cc1C. The van der Waals surface area contributed by atoms with Crippen molar-refractivity contribution in [3.63, 3.8) is 0 Å². The largest absolute Gasteiger partial charge is 0.496 e. The zero-order valence-corrected chi connectivity index (χ0v) is 24.5. The van der Waals surface area contributed by atoms with Crippen molar-refractivity contribution in [2.45, 2.75) is 89.1 Å². The monoisotopic (exact) mass is 559 g/mol. The predicted molar refractivity (Wildman–Crippen MR) is 160 cm³/mol. The van der Waals surface area contributed by atoms with Gasteiger partial charge in [-0.15, -0.1) is 0 Å². The van der Waals surface area contributed by atoms with Crippen molar-refractivity contribution in [2.24, 2.45) is 11.8 Å². The van der Waals surface area contributed by atoms with Crippen molar-refractivity contribution >= 4 is 23.1 Å². The van der Waals surface area contributed by atoms with E-state index >= 15 is 0 Å². The van der Waals surface area contributed by atoms with Crippen molar-refractivity contribution < 1.29 is 14.6 Å². The molecule has 2 aromatic carbocycles. The van der Waals surface area contributed by atoms with Gasteiger partial charge in [-0.25, -0.2) is 4.98 Å². The highest BCUT2D eigenvalue weighted by Crippen LogP contribution is 2.42. The van der Waals surface area contributed by atoms with Gasteiger partial charge in [0.15, 0.2) is 5.82 Å². The fourth-order valence-corrected chi connectivity index (χ4v) is 7.46. The smallest absolute Gasteiger partial charge is 0.230 e. The summed E-state index contributed by atoms with van der Waals surface area (Å²) < 4.78 is 10.1. The zero-order chi connectivity index (χ0) is 27.6. The first-order valence-corrected chi connectivity index (χ1v) is 15.8. The molecule has 1 N–H and O–H groups in total. The Morgan fingerprint density at radius 1 is 0.975 bits per heavy atom. The van der Waals surface area contributed by atoms with Crippen LogP contribution in [-0.4, -0.2) is 40.1 Å². The third-order valence-electron chi connectivity index (χ3n) is 9.27. The summed E-state index contributed by atoms with van der Waals surface area (Å²) in [6.07, 6.45) is 9.61. The van der Waals surface area contributed by atoms with Crippen molar-refractivity contribution in [1.82, 2.24) is 9.36 Å². The highest BCUT2D eigenvalue weighted by atomic mass is 32.1. The summed E-state index contributed by atoms with van der Waals surface area (Å²) in [6, 6.07) is 14.9. The van der Waals surface area contributed by atoms with E-state index in [9.17, 15) is 9.90 Å². The maximum absolute atomic E-state index is 14.0. The number of anilines is 1. The Balaban J connectivity index is 1.19. The van der Waals surface area contributed by atoms with Gasteiger partial charge >= 0.3 is 0 Å². The molecule has 212 valence electrons. The van der Waals surface area contributed by atoms with Crippen LogP contribution < -0.4 is 9.64 Å². The molecule has 3 fully saturated rings. The molecule has 3 aliphatic carbocycles. The second kappa shape index (κ2) is 12.0.